The summed E-state index contributed by atoms with van der Waals surface area (Å²) >= 11 is 0. The van der Waals surface area contributed by atoms with Crippen LogP contribution >= 0.6 is 0 Å². The second-order valence-corrected chi connectivity index (χ2v) is 4.96. The minimum atomic E-state index is 0.162. The number of hydrogen-bond acceptors (Lipinski definition) is 4. The first-order valence-electron chi connectivity index (χ1n) is 6.63. The summed E-state index contributed by atoms with van der Waals surface area (Å²) in [4.78, 5) is 0. The van der Waals surface area contributed by atoms with Gasteiger partial charge in [-0.25, -0.2) is 0 Å². The standard InChI is InChI=1S/C17H16O4/c1-10-13-5-3-11(18)7-17(13)21-9-15(10)14-6-4-12(20-2)8-16(14)19/h3-8,18-19H,9H2,1-2H3. The number of ether oxygens (including phenoxy) is 2. The molecule has 0 fully saturated rings. The van der Waals surface area contributed by atoms with Gasteiger partial charge in [0.2, 0.25) is 0 Å². The lowest BCUT2D eigenvalue weighted by Gasteiger charge is -2.23. The predicted octanol–water partition coefficient (Wildman–Crippen LogP) is 3.43. The Morgan fingerprint density at radius 2 is 1.81 bits per heavy atom. The summed E-state index contributed by atoms with van der Waals surface area (Å²) in [6.07, 6.45) is 0. The molecule has 1 aliphatic rings. The van der Waals surface area contributed by atoms with Gasteiger partial charge in [0.25, 0.3) is 0 Å². The lowest BCUT2D eigenvalue weighted by atomic mass is 9.93. The molecule has 0 radical (unpaired) electrons. The normalized spacial score (nSPS) is 13.6. The minimum Gasteiger partial charge on any atom is -0.508 e. The van der Waals surface area contributed by atoms with Crippen LogP contribution in [-0.2, 0) is 0 Å². The molecule has 2 aromatic carbocycles. The fourth-order valence-electron chi connectivity index (χ4n) is 2.53. The quantitative estimate of drug-likeness (QED) is 0.887. The second-order valence-electron chi connectivity index (χ2n) is 4.96. The third-order valence-electron chi connectivity index (χ3n) is 3.72. The van der Waals surface area contributed by atoms with E-state index in [1.807, 2.05) is 25.1 Å². The highest BCUT2D eigenvalue weighted by atomic mass is 16.5. The first kappa shape index (κ1) is 13.4. The molecule has 21 heavy (non-hydrogen) atoms. The van der Waals surface area contributed by atoms with Gasteiger partial charge >= 0.3 is 0 Å². The van der Waals surface area contributed by atoms with Crippen LogP contribution in [0.2, 0.25) is 0 Å². The lowest BCUT2D eigenvalue weighted by molar-refractivity contribution is 0.360. The molecule has 0 unspecified atom stereocenters. The van der Waals surface area contributed by atoms with E-state index in [0.29, 0.717) is 18.1 Å². The number of phenols is 2. The Labute approximate surface area is 122 Å². The molecular weight excluding hydrogens is 268 g/mol. The van der Waals surface area contributed by atoms with E-state index in [1.165, 1.54) is 0 Å². The van der Waals surface area contributed by atoms with Gasteiger partial charge in [-0.1, -0.05) is 0 Å². The van der Waals surface area contributed by atoms with Crippen molar-refractivity contribution in [3.8, 4) is 23.0 Å². The highest BCUT2D eigenvalue weighted by Gasteiger charge is 2.20. The Morgan fingerprint density at radius 3 is 2.52 bits per heavy atom. The molecule has 2 aromatic rings. The number of rotatable bonds is 2. The average Bonchev–Trinajstić information content (AvgIpc) is 2.48. The van der Waals surface area contributed by atoms with Crippen LogP contribution in [0.4, 0.5) is 0 Å². The van der Waals surface area contributed by atoms with Gasteiger partial charge in [0.15, 0.2) is 0 Å². The molecule has 108 valence electrons. The molecule has 0 saturated carbocycles. The average molecular weight is 284 g/mol. The van der Waals surface area contributed by atoms with Crippen molar-refractivity contribution in [1.29, 1.82) is 0 Å². The van der Waals surface area contributed by atoms with Gasteiger partial charge in [0.05, 0.1) is 7.11 Å². The van der Waals surface area contributed by atoms with Gasteiger partial charge in [-0.05, 0) is 36.8 Å². The maximum absolute atomic E-state index is 10.2. The smallest absolute Gasteiger partial charge is 0.130 e. The van der Waals surface area contributed by atoms with Crippen LogP contribution in [0.3, 0.4) is 0 Å². The largest absolute Gasteiger partial charge is 0.508 e. The van der Waals surface area contributed by atoms with Crippen molar-refractivity contribution in [3.63, 3.8) is 0 Å². The van der Waals surface area contributed by atoms with Crippen molar-refractivity contribution in [2.24, 2.45) is 0 Å². The number of benzene rings is 2. The van der Waals surface area contributed by atoms with Crippen molar-refractivity contribution in [2.45, 2.75) is 6.92 Å². The zero-order chi connectivity index (χ0) is 15.0. The van der Waals surface area contributed by atoms with Crippen LogP contribution in [0.5, 0.6) is 23.0 Å². The zero-order valence-electron chi connectivity index (χ0n) is 11.9. The number of methoxy groups -OCH3 is 1. The molecule has 0 aromatic heterocycles. The van der Waals surface area contributed by atoms with Gasteiger partial charge in [-0.3, -0.25) is 0 Å². The number of hydrogen-bond donors (Lipinski definition) is 2. The molecular formula is C17H16O4. The summed E-state index contributed by atoms with van der Waals surface area (Å²) in [7, 11) is 1.56. The van der Waals surface area contributed by atoms with Crippen LogP contribution in [0.15, 0.2) is 36.4 Å². The Hall–Kier alpha value is -2.62. The number of phenolic OH excluding ortho intramolecular Hbond substituents is 2. The number of allylic oxidation sites excluding steroid dienone is 1. The molecule has 2 N–H and O–H groups in total. The molecule has 0 amide bonds. The maximum atomic E-state index is 10.2. The van der Waals surface area contributed by atoms with Crippen LogP contribution in [0.25, 0.3) is 11.1 Å². The van der Waals surface area contributed by atoms with Crippen molar-refractivity contribution in [2.75, 3.05) is 13.7 Å². The first-order valence-corrected chi connectivity index (χ1v) is 6.63. The highest BCUT2D eigenvalue weighted by Crippen LogP contribution is 2.41. The van der Waals surface area contributed by atoms with E-state index >= 15 is 0 Å². The fraction of sp³-hybridized carbons (Fsp3) is 0.176. The van der Waals surface area contributed by atoms with E-state index in [1.54, 1.807) is 25.3 Å². The van der Waals surface area contributed by atoms with Gasteiger partial charge in [-0.15, -0.1) is 0 Å². The maximum Gasteiger partial charge on any atom is 0.130 e. The number of aromatic hydroxyl groups is 2. The van der Waals surface area contributed by atoms with Crippen molar-refractivity contribution in [3.05, 3.63) is 47.5 Å². The van der Waals surface area contributed by atoms with Gasteiger partial charge < -0.3 is 19.7 Å². The Morgan fingerprint density at radius 1 is 1.05 bits per heavy atom. The van der Waals surface area contributed by atoms with E-state index in [0.717, 1.165) is 22.3 Å². The monoisotopic (exact) mass is 284 g/mol. The van der Waals surface area contributed by atoms with Gasteiger partial charge in [0.1, 0.15) is 29.6 Å². The summed E-state index contributed by atoms with van der Waals surface area (Å²) < 4.78 is 10.8. The van der Waals surface area contributed by atoms with E-state index in [-0.39, 0.29) is 11.5 Å². The molecule has 1 heterocycles. The SMILES string of the molecule is COc1ccc(C2=C(C)c3ccc(O)cc3OC2)c(O)c1. The predicted molar refractivity (Wildman–Crippen MR) is 80.7 cm³/mol. The van der Waals surface area contributed by atoms with Crippen LogP contribution in [0.1, 0.15) is 18.1 Å². The van der Waals surface area contributed by atoms with Crippen LogP contribution in [-0.4, -0.2) is 23.9 Å². The van der Waals surface area contributed by atoms with Gasteiger partial charge in [-0.2, -0.15) is 0 Å². The second kappa shape index (κ2) is 5.05. The molecule has 4 nitrogen and oxygen atoms in total. The molecule has 0 saturated heterocycles. The fourth-order valence-corrected chi connectivity index (χ4v) is 2.53. The molecule has 4 heteroatoms. The Kier molecular flexibility index (Phi) is 3.22. The third-order valence-corrected chi connectivity index (χ3v) is 3.72. The molecule has 0 aliphatic carbocycles. The molecule has 0 bridgehead atoms. The Balaban J connectivity index is 2.11. The van der Waals surface area contributed by atoms with Crippen molar-refractivity contribution in [1.82, 2.24) is 0 Å². The summed E-state index contributed by atoms with van der Waals surface area (Å²) in [5.41, 5.74) is 3.60. The summed E-state index contributed by atoms with van der Waals surface area (Å²) in [6.45, 7) is 2.33. The zero-order valence-corrected chi connectivity index (χ0v) is 11.9. The molecule has 3 rings (SSSR count). The molecule has 0 spiro atoms. The summed E-state index contributed by atoms with van der Waals surface area (Å²) in [6, 6.07) is 10.3. The molecule has 1 aliphatic heterocycles. The topological polar surface area (TPSA) is 58.9 Å². The van der Waals surface area contributed by atoms with Crippen molar-refractivity contribution >= 4 is 11.1 Å². The summed E-state index contributed by atoms with van der Waals surface area (Å²) in [5, 5.41) is 19.7. The Bertz CT molecular complexity index is 732. The summed E-state index contributed by atoms with van der Waals surface area (Å²) in [5.74, 6) is 1.60. The molecule has 0 atom stereocenters. The van der Waals surface area contributed by atoms with E-state index in [2.05, 4.69) is 0 Å². The minimum absolute atomic E-state index is 0.162. The lowest BCUT2D eigenvalue weighted by Crippen LogP contribution is -2.09. The van der Waals surface area contributed by atoms with Crippen LogP contribution in [0, 0.1) is 0 Å². The number of fused-ring (bicyclic) bond motifs is 1. The third kappa shape index (κ3) is 2.29. The van der Waals surface area contributed by atoms with E-state index in [9.17, 15) is 10.2 Å². The van der Waals surface area contributed by atoms with Crippen LogP contribution < -0.4 is 9.47 Å². The van der Waals surface area contributed by atoms with E-state index < -0.39 is 0 Å². The van der Waals surface area contributed by atoms with E-state index in [4.69, 9.17) is 9.47 Å². The van der Waals surface area contributed by atoms with Gasteiger partial charge in [0, 0.05) is 28.8 Å². The van der Waals surface area contributed by atoms with Crippen molar-refractivity contribution < 1.29 is 19.7 Å². The highest BCUT2D eigenvalue weighted by molar-refractivity contribution is 5.95. The first-order chi connectivity index (χ1) is 10.1.